The summed E-state index contributed by atoms with van der Waals surface area (Å²) in [5.74, 6) is 3.02. The summed E-state index contributed by atoms with van der Waals surface area (Å²) in [4.78, 5) is 29.5. The molecule has 7 heteroatoms. The Labute approximate surface area is 130 Å². The van der Waals surface area contributed by atoms with Crippen LogP contribution >= 0.6 is 11.3 Å². The number of hydrogen-bond donors (Lipinski definition) is 0. The highest BCUT2D eigenvalue weighted by molar-refractivity contribution is 7.08. The summed E-state index contributed by atoms with van der Waals surface area (Å²) in [5, 5.41) is 3.90. The van der Waals surface area contributed by atoms with Gasteiger partial charge in [0.1, 0.15) is 5.82 Å². The first-order valence-electron chi connectivity index (χ1n) is 6.76. The van der Waals surface area contributed by atoms with Gasteiger partial charge in [0.25, 0.3) is 5.56 Å². The SMILES string of the molecule is C#CCn1c(=O)c2c(nc(-c3ccsc3)n2C)n(CC)c1=O. The van der Waals surface area contributed by atoms with Crippen LogP contribution in [-0.2, 0) is 20.1 Å². The van der Waals surface area contributed by atoms with Crippen molar-refractivity contribution in [2.24, 2.45) is 7.05 Å². The van der Waals surface area contributed by atoms with Gasteiger partial charge in [-0.1, -0.05) is 5.92 Å². The van der Waals surface area contributed by atoms with E-state index in [4.69, 9.17) is 6.42 Å². The molecule has 0 aliphatic carbocycles. The molecule has 22 heavy (non-hydrogen) atoms. The largest absolute Gasteiger partial charge is 0.333 e. The smallest absolute Gasteiger partial charge is 0.321 e. The lowest BCUT2D eigenvalue weighted by Gasteiger charge is -2.07. The number of fused-ring (bicyclic) bond motifs is 1. The maximum Gasteiger partial charge on any atom is 0.333 e. The fourth-order valence-electron chi connectivity index (χ4n) is 2.53. The van der Waals surface area contributed by atoms with E-state index >= 15 is 0 Å². The molecule has 112 valence electrons. The molecule has 3 aromatic rings. The normalized spacial score (nSPS) is 11.0. The van der Waals surface area contributed by atoms with Crippen LogP contribution in [0.1, 0.15) is 6.92 Å². The zero-order valence-corrected chi connectivity index (χ0v) is 13.1. The van der Waals surface area contributed by atoms with Crippen molar-refractivity contribution in [2.75, 3.05) is 0 Å². The van der Waals surface area contributed by atoms with Crippen LogP contribution in [0.15, 0.2) is 26.4 Å². The lowest BCUT2D eigenvalue weighted by atomic mass is 10.3. The summed E-state index contributed by atoms with van der Waals surface area (Å²) >= 11 is 1.55. The average molecular weight is 314 g/mol. The second-order valence-electron chi connectivity index (χ2n) is 4.80. The van der Waals surface area contributed by atoms with E-state index in [2.05, 4.69) is 10.9 Å². The zero-order valence-electron chi connectivity index (χ0n) is 12.2. The molecule has 3 aromatic heterocycles. The molecule has 0 fully saturated rings. The van der Waals surface area contributed by atoms with E-state index in [9.17, 15) is 9.59 Å². The van der Waals surface area contributed by atoms with Crippen LogP contribution in [0.4, 0.5) is 0 Å². The second-order valence-corrected chi connectivity index (χ2v) is 5.58. The van der Waals surface area contributed by atoms with Crippen LogP contribution in [0.5, 0.6) is 0 Å². The monoisotopic (exact) mass is 314 g/mol. The van der Waals surface area contributed by atoms with Gasteiger partial charge in [-0.15, -0.1) is 6.42 Å². The first-order chi connectivity index (χ1) is 10.6. The number of nitrogens with zero attached hydrogens (tertiary/aromatic N) is 4. The lowest BCUT2D eigenvalue weighted by molar-refractivity contribution is 0.630. The van der Waals surface area contributed by atoms with E-state index in [1.54, 1.807) is 23.0 Å². The molecular formula is C15H14N4O2S. The Hall–Kier alpha value is -2.59. The molecule has 0 bridgehead atoms. The fraction of sp³-hybridized carbons (Fsp3) is 0.267. The van der Waals surface area contributed by atoms with Crippen molar-refractivity contribution in [2.45, 2.75) is 20.0 Å². The van der Waals surface area contributed by atoms with Gasteiger partial charge in [-0.3, -0.25) is 9.36 Å². The Morgan fingerprint density at radius 3 is 2.73 bits per heavy atom. The highest BCUT2D eigenvalue weighted by Gasteiger charge is 2.19. The molecule has 0 N–H and O–H groups in total. The van der Waals surface area contributed by atoms with Crippen LogP contribution in [0.3, 0.4) is 0 Å². The van der Waals surface area contributed by atoms with E-state index in [-0.39, 0.29) is 6.54 Å². The number of thiophene rings is 1. The maximum atomic E-state index is 12.6. The Bertz CT molecular complexity index is 999. The van der Waals surface area contributed by atoms with Gasteiger partial charge in [-0.05, 0) is 18.4 Å². The highest BCUT2D eigenvalue weighted by Crippen LogP contribution is 2.23. The first kappa shape index (κ1) is 14.4. The van der Waals surface area contributed by atoms with Crippen LogP contribution in [-0.4, -0.2) is 18.7 Å². The average Bonchev–Trinajstić information content (AvgIpc) is 3.12. The number of aryl methyl sites for hydroxylation is 2. The van der Waals surface area contributed by atoms with Gasteiger partial charge in [-0.2, -0.15) is 11.3 Å². The molecule has 0 atom stereocenters. The van der Waals surface area contributed by atoms with Crippen LogP contribution in [0.25, 0.3) is 22.6 Å². The molecule has 0 unspecified atom stereocenters. The van der Waals surface area contributed by atoms with Gasteiger partial charge in [0, 0.05) is 24.5 Å². The topological polar surface area (TPSA) is 61.8 Å². The number of imidazole rings is 1. The van der Waals surface area contributed by atoms with Gasteiger partial charge in [0.2, 0.25) is 0 Å². The van der Waals surface area contributed by atoms with E-state index in [1.165, 1.54) is 4.57 Å². The summed E-state index contributed by atoms with van der Waals surface area (Å²) in [6.45, 7) is 2.21. The Balaban J connectivity index is 2.48. The molecule has 0 aromatic carbocycles. The predicted molar refractivity (Wildman–Crippen MR) is 87.1 cm³/mol. The zero-order chi connectivity index (χ0) is 15.9. The first-order valence-corrected chi connectivity index (χ1v) is 7.70. The van der Waals surface area contributed by atoms with Crippen molar-refractivity contribution in [3.63, 3.8) is 0 Å². The van der Waals surface area contributed by atoms with Gasteiger partial charge in [0.15, 0.2) is 11.2 Å². The van der Waals surface area contributed by atoms with Crippen molar-refractivity contribution >= 4 is 22.5 Å². The molecule has 3 rings (SSSR count). The number of rotatable bonds is 3. The highest BCUT2D eigenvalue weighted by atomic mass is 32.1. The van der Waals surface area contributed by atoms with Crippen molar-refractivity contribution in [1.29, 1.82) is 0 Å². The summed E-state index contributed by atoms with van der Waals surface area (Å²) in [6.07, 6.45) is 5.28. The van der Waals surface area contributed by atoms with Crippen molar-refractivity contribution in [3.8, 4) is 23.7 Å². The van der Waals surface area contributed by atoms with Gasteiger partial charge in [0.05, 0.1) is 6.54 Å². The summed E-state index contributed by atoms with van der Waals surface area (Å²) in [6, 6.07) is 1.93. The molecule has 6 nitrogen and oxygen atoms in total. The molecule has 0 amide bonds. The summed E-state index contributed by atoms with van der Waals surface area (Å²) in [7, 11) is 1.77. The maximum absolute atomic E-state index is 12.6. The van der Waals surface area contributed by atoms with Crippen LogP contribution < -0.4 is 11.2 Å². The molecule has 0 radical (unpaired) electrons. The summed E-state index contributed by atoms with van der Waals surface area (Å²) < 4.78 is 4.27. The third-order valence-electron chi connectivity index (χ3n) is 3.59. The molecule has 3 heterocycles. The fourth-order valence-corrected chi connectivity index (χ4v) is 3.16. The van der Waals surface area contributed by atoms with Gasteiger partial charge < -0.3 is 4.57 Å². The molecule has 0 saturated heterocycles. The predicted octanol–water partition coefficient (Wildman–Crippen LogP) is 1.28. The van der Waals surface area contributed by atoms with Gasteiger partial charge in [-0.25, -0.2) is 14.3 Å². The quantitative estimate of drug-likeness (QED) is 0.684. The van der Waals surface area contributed by atoms with Crippen LogP contribution in [0, 0.1) is 12.3 Å². The Kier molecular flexibility index (Phi) is 3.47. The van der Waals surface area contributed by atoms with E-state index < -0.39 is 11.2 Å². The second kappa shape index (κ2) is 5.31. The van der Waals surface area contributed by atoms with E-state index in [0.29, 0.717) is 23.5 Å². The molecule has 0 saturated carbocycles. The van der Waals surface area contributed by atoms with Crippen molar-refractivity contribution < 1.29 is 0 Å². The molecular weight excluding hydrogens is 300 g/mol. The van der Waals surface area contributed by atoms with Crippen molar-refractivity contribution in [3.05, 3.63) is 37.7 Å². The minimum Gasteiger partial charge on any atom is -0.321 e. The van der Waals surface area contributed by atoms with E-state index in [0.717, 1.165) is 10.1 Å². The third kappa shape index (κ3) is 1.92. The number of terminal acetylenes is 1. The van der Waals surface area contributed by atoms with E-state index in [1.807, 2.05) is 23.8 Å². The number of hydrogen-bond acceptors (Lipinski definition) is 4. The van der Waals surface area contributed by atoms with Crippen LogP contribution in [0.2, 0.25) is 0 Å². The number of aromatic nitrogens is 4. The Morgan fingerprint density at radius 1 is 1.36 bits per heavy atom. The molecule has 0 aliphatic heterocycles. The molecule has 0 spiro atoms. The third-order valence-corrected chi connectivity index (χ3v) is 4.27. The van der Waals surface area contributed by atoms with Crippen molar-refractivity contribution in [1.82, 2.24) is 18.7 Å². The van der Waals surface area contributed by atoms with Gasteiger partial charge >= 0.3 is 5.69 Å². The minimum atomic E-state index is -0.423. The minimum absolute atomic E-state index is 0.0490. The Morgan fingerprint density at radius 2 is 2.14 bits per heavy atom. The summed E-state index contributed by atoms with van der Waals surface area (Å²) in [5.41, 5.74) is 0.876. The lowest BCUT2D eigenvalue weighted by Crippen LogP contribution is -2.40. The standard InChI is InChI=1S/C15H14N4O2S/c1-4-7-19-14(20)11-13(18(5-2)15(19)21)16-12(17(11)3)10-6-8-22-9-10/h1,6,8-9H,5,7H2,2-3H3. The molecule has 0 aliphatic rings.